The first-order chi connectivity index (χ1) is 5.59. The van der Waals surface area contributed by atoms with Crippen molar-refractivity contribution in [3.05, 3.63) is 10.8 Å². The van der Waals surface area contributed by atoms with Crippen LogP contribution in [0.25, 0.3) is 0 Å². The second kappa shape index (κ2) is 2.39. The molecular weight excluding hydrogens is 172 g/mol. The van der Waals surface area contributed by atoms with Crippen LogP contribution in [-0.4, -0.2) is 11.7 Å². The van der Waals surface area contributed by atoms with Gasteiger partial charge in [-0.1, -0.05) is 0 Å². The zero-order chi connectivity index (χ0) is 8.77. The molecule has 0 saturated carbocycles. The topological polar surface area (TPSA) is 18.5 Å². The Balaban J connectivity index is 2.35. The number of hydrogen-bond acceptors (Lipinski definition) is 3. The largest absolute Gasteiger partial charge is 0.482 e. The van der Waals surface area contributed by atoms with E-state index in [-0.39, 0.29) is 11.7 Å². The molecule has 1 aliphatic heterocycles. The first kappa shape index (κ1) is 7.92. The van der Waals surface area contributed by atoms with Crippen LogP contribution < -0.4 is 9.47 Å². The third-order valence-electron chi connectivity index (χ3n) is 2.25. The van der Waals surface area contributed by atoms with E-state index in [9.17, 15) is 0 Å². The predicted molar refractivity (Wildman–Crippen MR) is 49.1 cm³/mol. The Morgan fingerprint density at radius 2 is 2.00 bits per heavy atom. The third kappa shape index (κ3) is 1.08. The highest BCUT2D eigenvalue weighted by Crippen LogP contribution is 2.40. The molecule has 2 heterocycles. The standard InChI is InChI=1S/C9H12O2S/c1-6-9(2,3)11-8-5-12-4-7(8)10-6/h4-6H,1-3H3. The minimum absolute atomic E-state index is 0.111. The highest BCUT2D eigenvalue weighted by Gasteiger charge is 2.35. The van der Waals surface area contributed by atoms with Crippen LogP contribution in [0.15, 0.2) is 10.8 Å². The lowest BCUT2D eigenvalue weighted by molar-refractivity contribution is -0.0315. The van der Waals surface area contributed by atoms with Gasteiger partial charge in [0.1, 0.15) is 11.7 Å². The van der Waals surface area contributed by atoms with Crippen molar-refractivity contribution < 1.29 is 9.47 Å². The summed E-state index contributed by atoms with van der Waals surface area (Å²) in [7, 11) is 0. The van der Waals surface area contributed by atoms with E-state index in [1.807, 2.05) is 31.5 Å². The van der Waals surface area contributed by atoms with Crippen molar-refractivity contribution >= 4 is 11.3 Å². The summed E-state index contributed by atoms with van der Waals surface area (Å²) >= 11 is 1.61. The van der Waals surface area contributed by atoms with Crippen molar-refractivity contribution in [2.24, 2.45) is 0 Å². The molecule has 1 aromatic heterocycles. The molecule has 0 aliphatic carbocycles. The van der Waals surface area contributed by atoms with Gasteiger partial charge < -0.3 is 9.47 Å². The lowest BCUT2D eigenvalue weighted by Gasteiger charge is -2.36. The molecule has 0 fully saturated rings. The number of ether oxygens (including phenoxy) is 2. The molecule has 0 bridgehead atoms. The molecule has 3 heteroatoms. The normalized spacial score (nSPS) is 25.4. The molecule has 0 amide bonds. The molecule has 0 spiro atoms. The van der Waals surface area contributed by atoms with Crippen molar-refractivity contribution in [2.45, 2.75) is 32.5 Å². The fraction of sp³-hybridized carbons (Fsp3) is 0.556. The summed E-state index contributed by atoms with van der Waals surface area (Å²) in [6, 6.07) is 0. The first-order valence-electron chi connectivity index (χ1n) is 4.01. The maximum absolute atomic E-state index is 5.76. The molecule has 2 nitrogen and oxygen atoms in total. The lowest BCUT2D eigenvalue weighted by atomic mass is 10.0. The average molecular weight is 184 g/mol. The number of rotatable bonds is 0. The Morgan fingerprint density at radius 3 is 2.75 bits per heavy atom. The molecule has 1 aliphatic rings. The third-order valence-corrected chi connectivity index (χ3v) is 2.95. The Labute approximate surface area is 76.1 Å². The molecule has 1 aromatic rings. The summed E-state index contributed by atoms with van der Waals surface area (Å²) in [5.41, 5.74) is -0.214. The van der Waals surface area contributed by atoms with Gasteiger partial charge in [0.15, 0.2) is 11.5 Å². The van der Waals surface area contributed by atoms with Crippen molar-refractivity contribution in [1.82, 2.24) is 0 Å². The van der Waals surface area contributed by atoms with E-state index in [4.69, 9.17) is 9.47 Å². The summed E-state index contributed by atoms with van der Waals surface area (Å²) in [6.07, 6.45) is 0.111. The van der Waals surface area contributed by atoms with Gasteiger partial charge in [-0.25, -0.2) is 0 Å². The van der Waals surface area contributed by atoms with Gasteiger partial charge >= 0.3 is 0 Å². The summed E-state index contributed by atoms with van der Waals surface area (Å²) in [4.78, 5) is 0. The number of thiophene rings is 1. The van der Waals surface area contributed by atoms with E-state index in [2.05, 4.69) is 0 Å². The van der Waals surface area contributed by atoms with Gasteiger partial charge in [-0.05, 0) is 20.8 Å². The summed E-state index contributed by atoms with van der Waals surface area (Å²) in [5.74, 6) is 1.76. The molecule has 66 valence electrons. The van der Waals surface area contributed by atoms with Crippen LogP contribution in [0.1, 0.15) is 20.8 Å². The minimum atomic E-state index is -0.214. The second-order valence-electron chi connectivity index (χ2n) is 3.57. The molecule has 1 atom stereocenters. The van der Waals surface area contributed by atoms with Crippen LogP contribution in [0, 0.1) is 0 Å². The predicted octanol–water partition coefficient (Wildman–Crippen LogP) is 2.69. The smallest absolute Gasteiger partial charge is 0.172 e. The highest BCUT2D eigenvalue weighted by atomic mass is 32.1. The summed E-state index contributed by atoms with van der Waals surface area (Å²) in [5, 5.41) is 3.95. The van der Waals surface area contributed by atoms with E-state index < -0.39 is 0 Å². The average Bonchev–Trinajstić information content (AvgIpc) is 2.35. The zero-order valence-electron chi connectivity index (χ0n) is 7.46. The summed E-state index contributed by atoms with van der Waals surface area (Å²) < 4.78 is 11.4. The van der Waals surface area contributed by atoms with Gasteiger partial charge in [0, 0.05) is 10.8 Å². The molecule has 1 unspecified atom stereocenters. The van der Waals surface area contributed by atoms with E-state index in [0.717, 1.165) is 11.5 Å². The van der Waals surface area contributed by atoms with Crippen molar-refractivity contribution in [3.8, 4) is 11.5 Å². The molecule has 0 radical (unpaired) electrons. The Morgan fingerprint density at radius 1 is 1.33 bits per heavy atom. The molecular formula is C9H12O2S. The van der Waals surface area contributed by atoms with Crippen LogP contribution in [0.5, 0.6) is 11.5 Å². The Hall–Kier alpha value is -0.700. The molecule has 0 saturated heterocycles. The van der Waals surface area contributed by atoms with Crippen molar-refractivity contribution in [1.29, 1.82) is 0 Å². The molecule has 2 rings (SSSR count). The lowest BCUT2D eigenvalue weighted by Crippen LogP contribution is -2.46. The van der Waals surface area contributed by atoms with E-state index >= 15 is 0 Å². The first-order valence-corrected chi connectivity index (χ1v) is 4.96. The quantitative estimate of drug-likeness (QED) is 0.617. The second-order valence-corrected chi connectivity index (χ2v) is 4.31. The fourth-order valence-electron chi connectivity index (χ4n) is 1.13. The highest BCUT2D eigenvalue weighted by molar-refractivity contribution is 7.08. The van der Waals surface area contributed by atoms with E-state index in [1.54, 1.807) is 11.3 Å². The van der Waals surface area contributed by atoms with Gasteiger partial charge in [-0.3, -0.25) is 0 Å². The van der Waals surface area contributed by atoms with Gasteiger partial charge in [-0.15, -0.1) is 11.3 Å². The maximum atomic E-state index is 5.76. The number of fused-ring (bicyclic) bond motifs is 1. The number of hydrogen-bond donors (Lipinski definition) is 0. The minimum Gasteiger partial charge on any atom is -0.482 e. The van der Waals surface area contributed by atoms with E-state index in [0.29, 0.717) is 0 Å². The molecule has 0 aromatic carbocycles. The van der Waals surface area contributed by atoms with Crippen LogP contribution >= 0.6 is 11.3 Å². The van der Waals surface area contributed by atoms with Crippen molar-refractivity contribution in [2.75, 3.05) is 0 Å². The molecule has 0 N–H and O–H groups in total. The van der Waals surface area contributed by atoms with Gasteiger partial charge in [-0.2, -0.15) is 0 Å². The fourth-order valence-corrected chi connectivity index (χ4v) is 1.78. The van der Waals surface area contributed by atoms with Crippen LogP contribution in [0.4, 0.5) is 0 Å². The maximum Gasteiger partial charge on any atom is 0.172 e. The molecule has 12 heavy (non-hydrogen) atoms. The van der Waals surface area contributed by atoms with Crippen molar-refractivity contribution in [3.63, 3.8) is 0 Å². The SMILES string of the molecule is CC1Oc2cscc2OC1(C)C. The zero-order valence-corrected chi connectivity index (χ0v) is 8.27. The van der Waals surface area contributed by atoms with Gasteiger partial charge in [0.05, 0.1) is 0 Å². The van der Waals surface area contributed by atoms with Gasteiger partial charge in [0.25, 0.3) is 0 Å². The van der Waals surface area contributed by atoms with Crippen LogP contribution in [-0.2, 0) is 0 Å². The Kier molecular flexibility index (Phi) is 1.58. The van der Waals surface area contributed by atoms with E-state index in [1.165, 1.54) is 0 Å². The van der Waals surface area contributed by atoms with Crippen LogP contribution in [0.2, 0.25) is 0 Å². The monoisotopic (exact) mass is 184 g/mol. The van der Waals surface area contributed by atoms with Crippen LogP contribution in [0.3, 0.4) is 0 Å². The Bertz CT molecular complexity index is 290. The van der Waals surface area contributed by atoms with Gasteiger partial charge in [0.2, 0.25) is 0 Å². The summed E-state index contributed by atoms with van der Waals surface area (Å²) in [6.45, 7) is 6.11.